The van der Waals surface area contributed by atoms with Gasteiger partial charge < -0.3 is 29.9 Å². The van der Waals surface area contributed by atoms with E-state index in [0.717, 1.165) is 0 Å². The van der Waals surface area contributed by atoms with Gasteiger partial charge in [0.1, 0.15) is 18.3 Å². The van der Waals surface area contributed by atoms with E-state index in [0.29, 0.717) is 11.3 Å². The number of carbonyl (C=O) groups is 1. The third-order valence-corrected chi connectivity index (χ3v) is 3.67. The van der Waals surface area contributed by atoms with E-state index >= 15 is 0 Å². The van der Waals surface area contributed by atoms with Crippen LogP contribution in [0.25, 0.3) is 6.08 Å². The van der Waals surface area contributed by atoms with E-state index in [-0.39, 0.29) is 24.6 Å². The molecule has 7 nitrogen and oxygen atoms in total. The molecule has 0 amide bonds. The highest BCUT2D eigenvalue weighted by molar-refractivity contribution is 5.94. The monoisotopic (exact) mass is 324 g/mol. The molecular weight excluding hydrogens is 304 g/mol. The Morgan fingerprint density at radius 1 is 1.35 bits per heavy atom. The molecule has 1 aromatic carbocycles. The normalized spacial score (nSPS) is 28.0. The maximum Gasteiger partial charge on any atom is 0.161 e. The topological polar surface area (TPSA) is 116 Å². The zero-order chi connectivity index (χ0) is 17.0. The fraction of sp³-hybridized carbons (Fsp3) is 0.438. The van der Waals surface area contributed by atoms with Crippen LogP contribution in [-0.4, -0.2) is 64.3 Å². The number of ether oxygens (including phenoxy) is 2. The van der Waals surface area contributed by atoms with Gasteiger partial charge >= 0.3 is 0 Å². The SMILES string of the molecule is COc1cc(/C=C/C(=O)CC2OC[C@@H](O)[C@H](O)[C@H]2O)ccc1O. The second kappa shape index (κ2) is 7.56. The molecule has 1 heterocycles. The van der Waals surface area contributed by atoms with Gasteiger partial charge in [0, 0.05) is 6.42 Å². The third-order valence-electron chi connectivity index (χ3n) is 3.67. The van der Waals surface area contributed by atoms with Crippen molar-refractivity contribution in [3.05, 3.63) is 29.8 Å². The van der Waals surface area contributed by atoms with E-state index in [1.54, 1.807) is 18.2 Å². The molecule has 0 aromatic heterocycles. The van der Waals surface area contributed by atoms with Gasteiger partial charge in [-0.15, -0.1) is 0 Å². The molecule has 2 rings (SSSR count). The van der Waals surface area contributed by atoms with Crippen molar-refractivity contribution in [2.75, 3.05) is 13.7 Å². The molecule has 1 saturated heterocycles. The lowest BCUT2D eigenvalue weighted by atomic mass is 9.96. The average Bonchev–Trinajstić information content (AvgIpc) is 2.54. The van der Waals surface area contributed by atoms with Crippen LogP contribution in [0.4, 0.5) is 0 Å². The fourth-order valence-electron chi connectivity index (χ4n) is 2.30. The Labute approximate surface area is 133 Å². The molecule has 0 radical (unpaired) electrons. The van der Waals surface area contributed by atoms with Crippen LogP contribution in [0.1, 0.15) is 12.0 Å². The minimum absolute atomic E-state index is 0.00208. The summed E-state index contributed by atoms with van der Waals surface area (Å²) >= 11 is 0. The van der Waals surface area contributed by atoms with Crippen molar-refractivity contribution in [1.29, 1.82) is 0 Å². The number of ketones is 1. The number of phenols is 1. The van der Waals surface area contributed by atoms with E-state index in [4.69, 9.17) is 9.47 Å². The van der Waals surface area contributed by atoms with Crippen LogP contribution < -0.4 is 4.74 Å². The first-order valence-corrected chi connectivity index (χ1v) is 7.16. The summed E-state index contributed by atoms with van der Waals surface area (Å²) in [6, 6.07) is 4.65. The molecule has 7 heteroatoms. The highest BCUT2D eigenvalue weighted by atomic mass is 16.5. The van der Waals surface area contributed by atoms with Crippen molar-refractivity contribution in [3.63, 3.8) is 0 Å². The molecule has 126 valence electrons. The van der Waals surface area contributed by atoms with Crippen molar-refractivity contribution in [1.82, 2.24) is 0 Å². The summed E-state index contributed by atoms with van der Waals surface area (Å²) < 4.78 is 10.2. The predicted octanol–water partition coefficient (Wildman–Crippen LogP) is -0.145. The van der Waals surface area contributed by atoms with E-state index in [1.165, 1.54) is 19.3 Å². The number of benzene rings is 1. The van der Waals surface area contributed by atoms with Crippen molar-refractivity contribution < 1.29 is 34.7 Å². The summed E-state index contributed by atoms with van der Waals surface area (Å²) in [5.74, 6) is -0.00493. The molecular formula is C16H20O7. The summed E-state index contributed by atoms with van der Waals surface area (Å²) in [6.45, 7) is -0.130. The number of rotatable bonds is 5. The Hall–Kier alpha value is -1.93. The molecule has 23 heavy (non-hydrogen) atoms. The van der Waals surface area contributed by atoms with Gasteiger partial charge in [-0.2, -0.15) is 0 Å². The van der Waals surface area contributed by atoms with Gasteiger partial charge in [0.05, 0.1) is 19.8 Å². The van der Waals surface area contributed by atoms with E-state index in [9.17, 15) is 25.2 Å². The Morgan fingerprint density at radius 3 is 2.78 bits per heavy atom. The Bertz CT molecular complexity index is 584. The zero-order valence-electron chi connectivity index (χ0n) is 12.6. The molecule has 1 aromatic rings. The first kappa shape index (κ1) is 17.4. The molecule has 0 saturated carbocycles. The number of carbonyl (C=O) groups excluding carboxylic acids is 1. The van der Waals surface area contributed by atoms with Gasteiger partial charge in [0.2, 0.25) is 0 Å². The number of phenolic OH excluding ortho intramolecular Hbond substituents is 1. The van der Waals surface area contributed by atoms with Gasteiger partial charge in [0.15, 0.2) is 17.3 Å². The highest BCUT2D eigenvalue weighted by Crippen LogP contribution is 2.26. The smallest absolute Gasteiger partial charge is 0.161 e. The molecule has 1 aliphatic rings. The van der Waals surface area contributed by atoms with Gasteiger partial charge in [-0.1, -0.05) is 12.1 Å². The number of hydrogen-bond donors (Lipinski definition) is 4. The van der Waals surface area contributed by atoms with E-state index in [2.05, 4.69) is 0 Å². The molecule has 0 bridgehead atoms. The summed E-state index contributed by atoms with van der Waals surface area (Å²) in [5.41, 5.74) is 0.661. The molecule has 1 aliphatic heterocycles. The van der Waals surface area contributed by atoms with Crippen molar-refractivity contribution in [2.24, 2.45) is 0 Å². The van der Waals surface area contributed by atoms with Crippen LogP contribution in [0, 0.1) is 0 Å². The lowest BCUT2D eigenvalue weighted by Gasteiger charge is -2.34. The van der Waals surface area contributed by atoms with Crippen molar-refractivity contribution >= 4 is 11.9 Å². The zero-order valence-corrected chi connectivity index (χ0v) is 12.6. The second-order valence-electron chi connectivity index (χ2n) is 5.36. The number of aliphatic hydroxyl groups excluding tert-OH is 3. The van der Waals surface area contributed by atoms with Crippen molar-refractivity contribution in [2.45, 2.75) is 30.8 Å². The predicted molar refractivity (Wildman–Crippen MR) is 81.1 cm³/mol. The van der Waals surface area contributed by atoms with Crippen LogP contribution in [0.15, 0.2) is 24.3 Å². The van der Waals surface area contributed by atoms with Gasteiger partial charge in [0.25, 0.3) is 0 Å². The van der Waals surface area contributed by atoms with Crippen LogP contribution >= 0.6 is 0 Å². The third kappa shape index (κ3) is 4.29. The van der Waals surface area contributed by atoms with Crippen LogP contribution in [-0.2, 0) is 9.53 Å². The van der Waals surface area contributed by atoms with Crippen LogP contribution in [0.5, 0.6) is 11.5 Å². The largest absolute Gasteiger partial charge is 0.504 e. The van der Waals surface area contributed by atoms with Gasteiger partial charge in [-0.3, -0.25) is 4.79 Å². The summed E-state index contributed by atoms with van der Waals surface area (Å²) in [7, 11) is 1.43. The maximum absolute atomic E-state index is 11.9. The summed E-state index contributed by atoms with van der Waals surface area (Å²) in [6.07, 6.45) is -1.91. The maximum atomic E-state index is 11.9. The average molecular weight is 324 g/mol. The number of methoxy groups -OCH3 is 1. The highest BCUT2D eigenvalue weighted by Gasteiger charge is 2.37. The summed E-state index contributed by atoms with van der Waals surface area (Å²) in [5, 5.41) is 38.2. The van der Waals surface area contributed by atoms with Crippen molar-refractivity contribution in [3.8, 4) is 11.5 Å². The minimum Gasteiger partial charge on any atom is -0.504 e. The Kier molecular flexibility index (Phi) is 5.73. The van der Waals surface area contributed by atoms with E-state index in [1.807, 2.05) is 0 Å². The van der Waals surface area contributed by atoms with Crippen LogP contribution in [0.2, 0.25) is 0 Å². The standard InChI is InChI=1S/C16H20O7/c1-22-13-6-9(3-5-11(13)18)2-4-10(17)7-14-16(21)15(20)12(19)8-23-14/h2-6,12,14-16,18-21H,7-8H2,1H3/b4-2+/t12-,14?,15+,16+/m1/s1. The molecule has 0 aliphatic carbocycles. The molecule has 1 unspecified atom stereocenters. The van der Waals surface area contributed by atoms with Gasteiger partial charge in [-0.05, 0) is 23.8 Å². The summed E-state index contributed by atoms with van der Waals surface area (Å²) in [4.78, 5) is 11.9. The van der Waals surface area contributed by atoms with Gasteiger partial charge in [-0.25, -0.2) is 0 Å². The fourth-order valence-corrected chi connectivity index (χ4v) is 2.30. The number of allylic oxidation sites excluding steroid dienone is 1. The number of aromatic hydroxyl groups is 1. The number of hydrogen-bond acceptors (Lipinski definition) is 7. The Balaban J connectivity index is 1.96. The van der Waals surface area contributed by atoms with E-state index < -0.39 is 24.4 Å². The molecule has 1 fully saturated rings. The lowest BCUT2D eigenvalue weighted by molar-refractivity contribution is -0.188. The first-order valence-electron chi connectivity index (χ1n) is 7.16. The molecule has 4 N–H and O–H groups in total. The molecule has 4 atom stereocenters. The number of aliphatic hydroxyl groups is 3. The second-order valence-corrected chi connectivity index (χ2v) is 5.36. The Morgan fingerprint density at radius 2 is 2.09 bits per heavy atom. The quantitative estimate of drug-likeness (QED) is 0.557. The first-order chi connectivity index (χ1) is 10.9. The lowest BCUT2D eigenvalue weighted by Crippen LogP contribution is -2.53. The molecule has 0 spiro atoms. The van der Waals surface area contributed by atoms with Crippen LogP contribution in [0.3, 0.4) is 0 Å². The minimum atomic E-state index is -1.33.